The maximum absolute atomic E-state index is 6.21. The van der Waals surface area contributed by atoms with Crippen LogP contribution in [0, 0.1) is 0 Å². The zero-order chi connectivity index (χ0) is 14.8. The number of nitrogens with two attached hydrogens (primary N) is 2. The lowest BCUT2D eigenvalue weighted by atomic mass is 10.2. The lowest BCUT2D eigenvalue weighted by molar-refractivity contribution is 0.929. The lowest BCUT2D eigenvalue weighted by Gasteiger charge is -2.06. The van der Waals surface area contributed by atoms with Crippen molar-refractivity contribution < 1.29 is 0 Å². The summed E-state index contributed by atoms with van der Waals surface area (Å²) in [5.74, 6) is 0.778. The predicted molar refractivity (Wildman–Crippen MR) is 85.0 cm³/mol. The Kier molecular flexibility index (Phi) is 3.76. The maximum atomic E-state index is 6.21. The molecule has 0 unspecified atom stereocenters. The van der Waals surface area contributed by atoms with E-state index in [-0.39, 0.29) is 11.9 Å². The van der Waals surface area contributed by atoms with Crippen molar-refractivity contribution in [2.75, 3.05) is 11.5 Å². The van der Waals surface area contributed by atoms with Crippen molar-refractivity contribution >= 4 is 46.2 Å². The summed E-state index contributed by atoms with van der Waals surface area (Å²) in [6, 6.07) is 9.81. The molecule has 2 aromatic heterocycles. The number of hydrogen-bond acceptors (Lipinski definition) is 7. The fraction of sp³-hybridized carbons (Fsp3) is 0.0769. The second kappa shape index (κ2) is 5.71. The molecule has 3 aromatic rings. The lowest BCUT2D eigenvalue weighted by Crippen LogP contribution is -2.03. The fourth-order valence-electron chi connectivity index (χ4n) is 1.83. The van der Waals surface area contributed by atoms with Gasteiger partial charge in [-0.15, -0.1) is 0 Å². The van der Waals surface area contributed by atoms with Crippen LogP contribution in [0.2, 0.25) is 5.15 Å². The van der Waals surface area contributed by atoms with Crippen molar-refractivity contribution in [1.29, 1.82) is 0 Å². The van der Waals surface area contributed by atoms with Gasteiger partial charge in [0.2, 0.25) is 11.9 Å². The molecule has 0 aliphatic rings. The first-order valence-electron chi connectivity index (χ1n) is 6.06. The molecule has 0 atom stereocenters. The third kappa shape index (κ3) is 3.14. The Bertz CT molecular complexity index is 790. The number of aromatic nitrogens is 4. The average molecular weight is 319 g/mol. The first-order chi connectivity index (χ1) is 10.1. The van der Waals surface area contributed by atoms with E-state index in [0.29, 0.717) is 16.1 Å². The number of thioether (sulfide) groups is 1. The Balaban J connectivity index is 1.86. The van der Waals surface area contributed by atoms with E-state index in [9.17, 15) is 0 Å². The number of nitrogens with zero attached hydrogens (tertiary/aromatic N) is 4. The van der Waals surface area contributed by atoms with Gasteiger partial charge in [-0.3, -0.25) is 0 Å². The molecule has 0 aliphatic heterocycles. The molecule has 0 aliphatic carbocycles. The van der Waals surface area contributed by atoms with Crippen LogP contribution in [-0.2, 0) is 5.75 Å². The molecule has 3 rings (SSSR count). The molecule has 0 fully saturated rings. The van der Waals surface area contributed by atoms with E-state index in [1.807, 2.05) is 30.3 Å². The van der Waals surface area contributed by atoms with Crippen molar-refractivity contribution in [3.63, 3.8) is 0 Å². The van der Waals surface area contributed by atoms with Gasteiger partial charge in [0.15, 0.2) is 5.16 Å². The zero-order valence-corrected chi connectivity index (χ0v) is 12.4. The van der Waals surface area contributed by atoms with E-state index in [4.69, 9.17) is 23.1 Å². The molecule has 106 valence electrons. The van der Waals surface area contributed by atoms with Gasteiger partial charge in [-0.25, -0.2) is 4.98 Å². The summed E-state index contributed by atoms with van der Waals surface area (Å²) in [6.07, 6.45) is 0. The van der Waals surface area contributed by atoms with Crippen LogP contribution in [0.3, 0.4) is 0 Å². The molecule has 8 heteroatoms. The number of fused-ring (bicyclic) bond motifs is 1. The summed E-state index contributed by atoms with van der Waals surface area (Å²) in [5, 5.41) is 1.97. The van der Waals surface area contributed by atoms with Crippen LogP contribution in [0.4, 0.5) is 11.9 Å². The minimum Gasteiger partial charge on any atom is -0.368 e. The van der Waals surface area contributed by atoms with Crippen LogP contribution >= 0.6 is 23.4 Å². The molecular weight excluding hydrogens is 308 g/mol. The van der Waals surface area contributed by atoms with E-state index in [1.165, 1.54) is 11.8 Å². The SMILES string of the molecule is Nc1nc(N)nc(SCc2cc3ccccc3nc2Cl)n1. The molecule has 4 N–H and O–H groups in total. The number of halogens is 1. The number of hydrogen-bond donors (Lipinski definition) is 2. The Hall–Kier alpha value is -2.12. The van der Waals surface area contributed by atoms with Gasteiger partial charge in [-0.1, -0.05) is 41.6 Å². The van der Waals surface area contributed by atoms with Crippen LogP contribution in [0.15, 0.2) is 35.5 Å². The fourth-order valence-corrected chi connectivity index (χ4v) is 2.95. The van der Waals surface area contributed by atoms with Gasteiger partial charge in [0.1, 0.15) is 5.15 Å². The molecule has 0 saturated carbocycles. The summed E-state index contributed by atoms with van der Waals surface area (Å²) in [6.45, 7) is 0. The predicted octanol–water partition coefficient (Wildman–Crippen LogP) is 2.53. The van der Waals surface area contributed by atoms with Crippen LogP contribution in [0.25, 0.3) is 10.9 Å². The summed E-state index contributed by atoms with van der Waals surface area (Å²) in [7, 11) is 0. The standard InChI is InChI=1S/C13H11ClN6S/c14-10-8(5-7-3-1-2-4-9(7)17-10)6-21-13-19-11(15)18-12(16)20-13/h1-5H,6H2,(H4,15,16,18,19,20). The molecule has 0 spiro atoms. The second-order valence-electron chi connectivity index (χ2n) is 4.25. The molecule has 2 heterocycles. The van der Waals surface area contributed by atoms with E-state index in [2.05, 4.69) is 19.9 Å². The third-order valence-corrected chi connectivity index (χ3v) is 3.98. The first kappa shape index (κ1) is 13.8. The Morgan fingerprint density at radius 1 is 1.00 bits per heavy atom. The summed E-state index contributed by atoms with van der Waals surface area (Å²) in [4.78, 5) is 16.1. The molecule has 0 radical (unpaired) electrons. The van der Waals surface area contributed by atoms with Crippen LogP contribution < -0.4 is 11.5 Å². The Morgan fingerprint density at radius 2 is 1.71 bits per heavy atom. The van der Waals surface area contributed by atoms with E-state index in [0.717, 1.165) is 16.5 Å². The highest BCUT2D eigenvalue weighted by Gasteiger charge is 2.08. The van der Waals surface area contributed by atoms with Crippen molar-refractivity contribution in [3.8, 4) is 0 Å². The van der Waals surface area contributed by atoms with Crippen LogP contribution in [0.5, 0.6) is 0 Å². The van der Waals surface area contributed by atoms with Gasteiger partial charge in [0.05, 0.1) is 5.52 Å². The Morgan fingerprint density at radius 3 is 2.48 bits per heavy atom. The average Bonchev–Trinajstić information content (AvgIpc) is 2.44. The number of pyridine rings is 1. The van der Waals surface area contributed by atoms with E-state index >= 15 is 0 Å². The topological polar surface area (TPSA) is 104 Å². The van der Waals surface area contributed by atoms with Gasteiger partial charge in [-0.05, 0) is 12.1 Å². The highest BCUT2D eigenvalue weighted by Crippen LogP contribution is 2.26. The molecule has 21 heavy (non-hydrogen) atoms. The van der Waals surface area contributed by atoms with Gasteiger partial charge in [0.25, 0.3) is 0 Å². The minimum atomic E-state index is 0.104. The van der Waals surface area contributed by atoms with E-state index in [1.54, 1.807) is 0 Å². The molecule has 6 nitrogen and oxygen atoms in total. The second-order valence-corrected chi connectivity index (χ2v) is 5.55. The highest BCUT2D eigenvalue weighted by atomic mass is 35.5. The first-order valence-corrected chi connectivity index (χ1v) is 7.42. The summed E-state index contributed by atoms with van der Waals surface area (Å²) in [5.41, 5.74) is 12.8. The normalized spacial score (nSPS) is 10.9. The minimum absolute atomic E-state index is 0.104. The van der Waals surface area contributed by atoms with Crippen LogP contribution in [0.1, 0.15) is 5.56 Å². The van der Waals surface area contributed by atoms with Crippen LogP contribution in [-0.4, -0.2) is 19.9 Å². The molecule has 0 bridgehead atoms. The number of benzene rings is 1. The van der Waals surface area contributed by atoms with Gasteiger partial charge >= 0.3 is 0 Å². The maximum Gasteiger partial charge on any atom is 0.225 e. The smallest absolute Gasteiger partial charge is 0.225 e. The number of para-hydroxylation sites is 1. The third-order valence-electron chi connectivity index (χ3n) is 2.76. The number of nitrogen functional groups attached to an aromatic ring is 2. The highest BCUT2D eigenvalue weighted by molar-refractivity contribution is 7.98. The number of rotatable bonds is 3. The van der Waals surface area contributed by atoms with Crippen molar-refractivity contribution in [2.24, 2.45) is 0 Å². The largest absolute Gasteiger partial charge is 0.368 e. The zero-order valence-electron chi connectivity index (χ0n) is 10.8. The molecule has 0 saturated heterocycles. The van der Waals surface area contributed by atoms with Gasteiger partial charge in [0, 0.05) is 16.7 Å². The Labute approximate surface area is 130 Å². The van der Waals surface area contributed by atoms with Gasteiger partial charge < -0.3 is 11.5 Å². The summed E-state index contributed by atoms with van der Waals surface area (Å²) < 4.78 is 0. The van der Waals surface area contributed by atoms with Crippen molar-refractivity contribution in [3.05, 3.63) is 41.0 Å². The van der Waals surface area contributed by atoms with Crippen molar-refractivity contribution in [2.45, 2.75) is 10.9 Å². The van der Waals surface area contributed by atoms with E-state index < -0.39 is 0 Å². The molecule has 0 amide bonds. The monoisotopic (exact) mass is 318 g/mol. The quantitative estimate of drug-likeness (QED) is 0.565. The molecule has 1 aromatic carbocycles. The number of anilines is 2. The van der Waals surface area contributed by atoms with Gasteiger partial charge in [-0.2, -0.15) is 15.0 Å². The summed E-state index contributed by atoms with van der Waals surface area (Å²) >= 11 is 7.58. The molecular formula is C13H11ClN6S. The van der Waals surface area contributed by atoms with Crippen molar-refractivity contribution in [1.82, 2.24) is 19.9 Å².